The number of ether oxygens (including phenoxy) is 3. The number of oxazole rings is 1. The molecule has 7 rings (SSSR count). The highest BCUT2D eigenvalue weighted by Crippen LogP contribution is 2.41. The number of hydrogen-bond donors (Lipinski definition) is 2. The van der Waals surface area contributed by atoms with E-state index in [4.69, 9.17) is 28.6 Å². The summed E-state index contributed by atoms with van der Waals surface area (Å²) >= 11 is 0. The summed E-state index contributed by atoms with van der Waals surface area (Å²) in [4.78, 5) is 66.2. The molecule has 6 heterocycles. The zero-order chi connectivity index (χ0) is 45.4. The zero-order valence-corrected chi connectivity index (χ0v) is 38.6. The van der Waals surface area contributed by atoms with E-state index in [1.807, 2.05) is 52.9 Å². The Labute approximate surface area is 370 Å². The van der Waals surface area contributed by atoms with Crippen LogP contribution >= 0.6 is 0 Å². The molecule has 1 aromatic carbocycles. The number of hydrogen-bond acceptors (Lipinski definition) is 11. The van der Waals surface area contributed by atoms with E-state index in [2.05, 4.69) is 68.1 Å². The Morgan fingerprint density at radius 3 is 2.56 bits per heavy atom. The zero-order valence-electron chi connectivity index (χ0n) is 38.6. The Bertz CT molecular complexity index is 2320. The third-order valence-corrected chi connectivity index (χ3v) is 12.1. The summed E-state index contributed by atoms with van der Waals surface area (Å²) in [6, 6.07) is 8.53. The number of amides is 3. The fourth-order valence-electron chi connectivity index (χ4n) is 8.70. The van der Waals surface area contributed by atoms with Gasteiger partial charge in [-0.3, -0.25) is 24.4 Å². The minimum atomic E-state index is -1.05. The number of aromatic nitrogens is 3. The van der Waals surface area contributed by atoms with E-state index < -0.39 is 47.0 Å². The van der Waals surface area contributed by atoms with Crippen LogP contribution in [0.3, 0.4) is 0 Å². The minimum absolute atomic E-state index is 0.0392. The lowest BCUT2D eigenvalue weighted by atomic mass is 9.84. The first-order valence-electron chi connectivity index (χ1n) is 22.5. The molecule has 63 heavy (non-hydrogen) atoms. The first kappa shape index (κ1) is 45.7. The maximum Gasteiger partial charge on any atom is 0.410 e. The predicted octanol–water partition coefficient (Wildman–Crippen LogP) is 7.06. The van der Waals surface area contributed by atoms with Crippen molar-refractivity contribution >= 4 is 34.8 Å². The summed E-state index contributed by atoms with van der Waals surface area (Å²) in [7, 11) is 0. The van der Waals surface area contributed by atoms with Crippen molar-refractivity contribution in [1.82, 2.24) is 35.2 Å². The van der Waals surface area contributed by atoms with Gasteiger partial charge >= 0.3 is 12.1 Å². The molecule has 0 radical (unpaired) electrons. The van der Waals surface area contributed by atoms with Gasteiger partial charge in [-0.15, -0.1) is 0 Å². The number of hydrazine groups is 1. The second-order valence-electron chi connectivity index (χ2n) is 19.8. The van der Waals surface area contributed by atoms with Crippen LogP contribution in [0.15, 0.2) is 47.2 Å². The molecule has 3 aliphatic rings. The van der Waals surface area contributed by atoms with E-state index in [9.17, 15) is 19.2 Å². The Balaban J connectivity index is 1.21. The molecule has 2 saturated heterocycles. The summed E-state index contributed by atoms with van der Waals surface area (Å²) in [5.74, 6) is -1.34. The van der Waals surface area contributed by atoms with Gasteiger partial charge in [0.15, 0.2) is 0 Å². The normalized spacial score (nSPS) is 20.4. The molecule has 6 bridgehead atoms. The highest BCUT2D eigenvalue weighted by atomic mass is 16.6. The third-order valence-electron chi connectivity index (χ3n) is 12.1. The number of benzene rings is 1. The molecule has 3 aliphatic heterocycles. The van der Waals surface area contributed by atoms with Gasteiger partial charge in [0.2, 0.25) is 11.8 Å². The van der Waals surface area contributed by atoms with E-state index in [-0.39, 0.29) is 43.5 Å². The molecule has 340 valence electrons. The number of nitrogens with zero attached hydrogens (tertiary/aromatic N) is 5. The first-order valence-corrected chi connectivity index (χ1v) is 22.5. The number of fused-ring (bicyclic) bond motifs is 6. The summed E-state index contributed by atoms with van der Waals surface area (Å²) in [6.45, 7) is 22.0. The molecule has 3 aromatic heterocycles. The van der Waals surface area contributed by atoms with Gasteiger partial charge in [0.25, 0.3) is 5.91 Å². The third kappa shape index (κ3) is 10.3. The van der Waals surface area contributed by atoms with Gasteiger partial charge in [0, 0.05) is 53.2 Å². The lowest BCUT2D eigenvalue weighted by Crippen LogP contribution is -2.61. The smallest absolute Gasteiger partial charge is 0.410 e. The average Bonchev–Trinajstić information content (AvgIpc) is 3.80. The Morgan fingerprint density at radius 2 is 1.86 bits per heavy atom. The first-order chi connectivity index (χ1) is 29.8. The van der Waals surface area contributed by atoms with Gasteiger partial charge < -0.3 is 33.4 Å². The molecule has 0 aliphatic carbocycles. The van der Waals surface area contributed by atoms with Crippen molar-refractivity contribution in [3.8, 4) is 22.7 Å². The largest absolute Gasteiger partial charge is 0.464 e. The van der Waals surface area contributed by atoms with Crippen LogP contribution in [0.25, 0.3) is 33.6 Å². The van der Waals surface area contributed by atoms with E-state index in [1.54, 1.807) is 4.90 Å². The average molecular weight is 868 g/mol. The molecule has 3 atom stereocenters. The number of cyclic esters (lactones) is 1. The molecule has 3 amide bonds. The Kier molecular flexibility index (Phi) is 13.4. The maximum absolute atomic E-state index is 14.5. The molecule has 4 aromatic rings. The van der Waals surface area contributed by atoms with Gasteiger partial charge in [-0.1, -0.05) is 41.5 Å². The van der Waals surface area contributed by atoms with Crippen LogP contribution in [0.2, 0.25) is 0 Å². The Morgan fingerprint density at radius 1 is 1.10 bits per heavy atom. The highest BCUT2D eigenvalue weighted by Gasteiger charge is 2.39. The summed E-state index contributed by atoms with van der Waals surface area (Å²) in [6.07, 6.45) is 4.43. The second-order valence-corrected chi connectivity index (χ2v) is 19.8. The minimum Gasteiger partial charge on any atom is -0.464 e. The van der Waals surface area contributed by atoms with Crippen LogP contribution in [0.5, 0.6) is 0 Å². The van der Waals surface area contributed by atoms with E-state index in [0.717, 1.165) is 45.5 Å². The summed E-state index contributed by atoms with van der Waals surface area (Å²) in [5, 5.41) is 5.49. The molecule has 0 spiro atoms. The molecule has 2 fully saturated rings. The number of nitrogens with one attached hydrogen (secondary N) is 2. The van der Waals surface area contributed by atoms with Gasteiger partial charge in [-0.25, -0.2) is 15.2 Å². The number of carbonyl (C=O) groups is 4. The van der Waals surface area contributed by atoms with Crippen molar-refractivity contribution in [2.75, 3.05) is 32.8 Å². The van der Waals surface area contributed by atoms with Crippen LogP contribution in [0.1, 0.15) is 105 Å². The number of pyridine rings is 1. The standard InChI is InChI=1S/C48H65N7O8/c1-11-54-39-17-16-30-20-34(39)35(41(54)33-14-12-18-49-40(33)29(4)5)22-48(9,10)27-62-45(58)37-15-13-19-55(52-37)44(57)38(21-31-25-61-43(30)50-31)51-42(56)36(28(2)3)26-60-32-23-53(24-32)46(59)63-47(6,7)8/h12,14,16-18,20,25,28-29,32,36-38,52H,11,13,15,19,21-24,26-27H2,1-10H3,(H,51,56)/t36-,37-,38-/m0/s1. The summed E-state index contributed by atoms with van der Waals surface area (Å²) < 4.78 is 26.2. The van der Waals surface area contributed by atoms with Crippen molar-refractivity contribution in [3.05, 3.63) is 59.7 Å². The number of aryl methyl sites for hydroxylation is 1. The van der Waals surface area contributed by atoms with E-state index in [1.165, 1.54) is 11.3 Å². The van der Waals surface area contributed by atoms with Crippen LogP contribution in [-0.4, -0.2) is 105 Å². The summed E-state index contributed by atoms with van der Waals surface area (Å²) in [5.41, 5.74) is 8.64. The Hall–Kier alpha value is -5.28. The van der Waals surface area contributed by atoms with Crippen LogP contribution in [0, 0.1) is 17.3 Å². The fourth-order valence-corrected chi connectivity index (χ4v) is 8.70. The van der Waals surface area contributed by atoms with E-state index >= 15 is 0 Å². The van der Waals surface area contributed by atoms with Gasteiger partial charge in [0.1, 0.15) is 23.9 Å². The maximum atomic E-state index is 14.5. The van der Waals surface area contributed by atoms with E-state index in [0.29, 0.717) is 50.5 Å². The SMILES string of the molecule is CCn1c(-c2cccnc2C(C)C)c2c3cc(ccc31)-c1nc(co1)C[C@H](NC(=O)[C@@H](COC1CN(C(=O)OC(C)(C)C)C1)C(C)C)C(=O)N1CCC[C@H](N1)C(=O)OCC(C)(C)C2. The number of likely N-dealkylation sites (tertiary alicyclic amines) is 1. The van der Waals surface area contributed by atoms with Crippen molar-refractivity contribution in [1.29, 1.82) is 0 Å². The monoisotopic (exact) mass is 867 g/mol. The van der Waals surface area contributed by atoms with Gasteiger partial charge in [-0.05, 0) is 94.7 Å². The quantitative estimate of drug-likeness (QED) is 0.165. The molecular weight excluding hydrogens is 803 g/mol. The van der Waals surface area contributed by atoms with Gasteiger partial charge in [-0.2, -0.15) is 0 Å². The predicted molar refractivity (Wildman–Crippen MR) is 238 cm³/mol. The van der Waals surface area contributed by atoms with Crippen molar-refractivity contribution in [2.24, 2.45) is 17.3 Å². The van der Waals surface area contributed by atoms with Crippen molar-refractivity contribution < 1.29 is 37.8 Å². The topological polar surface area (TPSA) is 170 Å². The van der Waals surface area contributed by atoms with Crippen molar-refractivity contribution in [3.63, 3.8) is 0 Å². The lowest BCUT2D eigenvalue weighted by molar-refractivity contribution is -0.155. The second kappa shape index (κ2) is 18.4. The molecular formula is C48H65N7O8. The number of rotatable bonds is 9. The van der Waals surface area contributed by atoms with Crippen molar-refractivity contribution in [2.45, 2.75) is 131 Å². The molecule has 15 heteroatoms. The number of carbonyl (C=O) groups excluding carboxylic acids is 4. The molecule has 0 unspecified atom stereocenters. The van der Waals surface area contributed by atoms with Crippen LogP contribution in [0.4, 0.5) is 4.79 Å². The number of esters is 1. The highest BCUT2D eigenvalue weighted by molar-refractivity contribution is 5.95. The fraction of sp³-hybridized carbons (Fsp3) is 0.583. The molecule has 2 N–H and O–H groups in total. The molecule has 0 saturated carbocycles. The van der Waals surface area contributed by atoms with Crippen LogP contribution in [-0.2, 0) is 48.0 Å². The van der Waals surface area contributed by atoms with Crippen LogP contribution < -0.4 is 10.7 Å². The van der Waals surface area contributed by atoms with Gasteiger partial charge in [0.05, 0.1) is 55.4 Å². The lowest BCUT2D eigenvalue weighted by Gasteiger charge is -2.40. The molecule has 15 nitrogen and oxygen atoms in total.